The number of fused-ring (bicyclic) bond motifs is 1. The number of aryl methyl sites for hydroxylation is 2. The van der Waals surface area contributed by atoms with Gasteiger partial charge < -0.3 is 15.0 Å². The molecule has 150 valence electrons. The van der Waals surface area contributed by atoms with Crippen LogP contribution in [0.4, 0.5) is 5.69 Å². The van der Waals surface area contributed by atoms with Crippen molar-refractivity contribution in [1.29, 1.82) is 0 Å². The normalized spacial score (nSPS) is 11.3. The Kier molecular flexibility index (Phi) is 6.43. The Balaban J connectivity index is 1.77. The minimum absolute atomic E-state index is 0.0266. The van der Waals surface area contributed by atoms with Gasteiger partial charge in [-0.3, -0.25) is 9.59 Å². The maximum Gasteiger partial charge on any atom is 0.283 e. The molecule has 29 heavy (non-hydrogen) atoms. The van der Waals surface area contributed by atoms with Gasteiger partial charge in [-0.15, -0.1) is 10.2 Å². The lowest BCUT2D eigenvalue weighted by Gasteiger charge is -2.04. The van der Waals surface area contributed by atoms with Gasteiger partial charge in [0.1, 0.15) is 6.54 Å². The zero-order valence-corrected chi connectivity index (χ0v) is 17.7. The van der Waals surface area contributed by atoms with Crippen molar-refractivity contribution >= 4 is 44.3 Å². The van der Waals surface area contributed by atoms with Gasteiger partial charge in [0.15, 0.2) is 5.69 Å². The zero-order valence-electron chi connectivity index (χ0n) is 16.1. The van der Waals surface area contributed by atoms with Gasteiger partial charge in [-0.05, 0) is 53.5 Å². The maximum atomic E-state index is 12.2. The van der Waals surface area contributed by atoms with Crippen LogP contribution in [0.3, 0.4) is 0 Å². The number of rotatable bonds is 6. The number of aromatic hydroxyl groups is 1. The van der Waals surface area contributed by atoms with Crippen molar-refractivity contribution in [1.82, 2.24) is 9.88 Å². The molecule has 0 radical (unpaired) electrons. The largest absolute Gasteiger partial charge is 0.493 e. The van der Waals surface area contributed by atoms with Crippen LogP contribution < -0.4 is 5.32 Å². The Morgan fingerprint density at radius 3 is 2.69 bits per heavy atom. The summed E-state index contributed by atoms with van der Waals surface area (Å²) in [5.41, 5.74) is 2.52. The topological polar surface area (TPSA) is 96.0 Å². The SMILES string of the molecule is CCCn1c(O)c(N=NC(=O)CNC(=O)c2ccccc2Br)c2cc(C)ccc21. The molecule has 3 aromatic rings. The first-order chi connectivity index (χ1) is 13.9. The lowest BCUT2D eigenvalue weighted by atomic mass is 10.1. The first-order valence-electron chi connectivity index (χ1n) is 9.21. The van der Waals surface area contributed by atoms with Gasteiger partial charge in [0.05, 0.1) is 11.1 Å². The molecule has 8 heteroatoms. The summed E-state index contributed by atoms with van der Waals surface area (Å²) >= 11 is 3.30. The Morgan fingerprint density at radius 2 is 1.97 bits per heavy atom. The van der Waals surface area contributed by atoms with Crippen LogP contribution in [-0.2, 0) is 11.3 Å². The van der Waals surface area contributed by atoms with Crippen LogP contribution in [0.2, 0.25) is 0 Å². The third kappa shape index (κ3) is 4.54. The molecule has 2 aromatic carbocycles. The van der Waals surface area contributed by atoms with E-state index >= 15 is 0 Å². The predicted molar refractivity (Wildman–Crippen MR) is 115 cm³/mol. The zero-order chi connectivity index (χ0) is 21.0. The predicted octanol–water partition coefficient (Wildman–Crippen LogP) is 4.87. The molecule has 0 spiro atoms. The van der Waals surface area contributed by atoms with E-state index in [9.17, 15) is 14.7 Å². The highest BCUT2D eigenvalue weighted by atomic mass is 79.9. The Morgan fingerprint density at radius 1 is 1.21 bits per heavy atom. The van der Waals surface area contributed by atoms with E-state index in [0.29, 0.717) is 16.6 Å². The number of amides is 2. The van der Waals surface area contributed by atoms with Crippen LogP contribution in [0, 0.1) is 6.92 Å². The van der Waals surface area contributed by atoms with Gasteiger partial charge in [0.2, 0.25) is 5.88 Å². The molecule has 0 aliphatic carbocycles. The average Bonchev–Trinajstić information content (AvgIpc) is 2.95. The molecule has 1 heterocycles. The molecule has 0 fully saturated rings. The van der Waals surface area contributed by atoms with Gasteiger partial charge in [-0.25, -0.2) is 0 Å². The van der Waals surface area contributed by atoms with E-state index in [1.165, 1.54) is 0 Å². The van der Waals surface area contributed by atoms with Crippen molar-refractivity contribution < 1.29 is 14.7 Å². The molecule has 0 aliphatic rings. The van der Waals surface area contributed by atoms with Crippen LogP contribution in [0.25, 0.3) is 10.9 Å². The summed E-state index contributed by atoms with van der Waals surface area (Å²) in [5, 5.41) is 21.5. The van der Waals surface area contributed by atoms with E-state index in [1.807, 2.05) is 32.0 Å². The van der Waals surface area contributed by atoms with E-state index in [0.717, 1.165) is 22.9 Å². The Labute approximate surface area is 176 Å². The third-order valence-electron chi connectivity index (χ3n) is 4.39. The number of carbonyl (C=O) groups is 2. The van der Waals surface area contributed by atoms with Crippen molar-refractivity contribution in [2.24, 2.45) is 10.2 Å². The third-order valence-corrected chi connectivity index (χ3v) is 5.08. The fraction of sp³-hybridized carbons (Fsp3) is 0.238. The Hall–Kier alpha value is -3.00. The molecule has 0 unspecified atom stereocenters. The summed E-state index contributed by atoms with van der Waals surface area (Å²) in [5.74, 6) is -1.03. The molecule has 0 saturated carbocycles. The minimum Gasteiger partial charge on any atom is -0.493 e. The number of aromatic nitrogens is 1. The lowest BCUT2D eigenvalue weighted by Crippen LogP contribution is -2.28. The van der Waals surface area contributed by atoms with Gasteiger partial charge >= 0.3 is 0 Å². The van der Waals surface area contributed by atoms with E-state index in [-0.39, 0.29) is 24.0 Å². The molecular weight excluding hydrogens is 436 g/mol. The smallest absolute Gasteiger partial charge is 0.283 e. The maximum absolute atomic E-state index is 12.2. The van der Waals surface area contributed by atoms with Gasteiger partial charge in [-0.1, -0.05) is 30.7 Å². The molecule has 0 atom stereocenters. The van der Waals surface area contributed by atoms with Crippen LogP contribution in [0.15, 0.2) is 57.2 Å². The molecule has 0 bridgehead atoms. The summed E-state index contributed by atoms with van der Waals surface area (Å²) in [4.78, 5) is 24.3. The summed E-state index contributed by atoms with van der Waals surface area (Å²) in [7, 11) is 0. The number of benzene rings is 2. The van der Waals surface area contributed by atoms with E-state index < -0.39 is 5.91 Å². The fourth-order valence-corrected chi connectivity index (χ4v) is 3.49. The highest BCUT2D eigenvalue weighted by Crippen LogP contribution is 2.39. The second-order valence-electron chi connectivity index (χ2n) is 6.60. The molecule has 0 saturated heterocycles. The summed E-state index contributed by atoms with van der Waals surface area (Å²) in [6.07, 6.45) is 0.835. The number of halogens is 1. The summed E-state index contributed by atoms with van der Waals surface area (Å²) in [6.45, 7) is 4.28. The molecule has 7 nitrogen and oxygen atoms in total. The van der Waals surface area contributed by atoms with Gasteiger partial charge in [0.25, 0.3) is 11.8 Å². The molecule has 0 aliphatic heterocycles. The second-order valence-corrected chi connectivity index (χ2v) is 7.46. The quantitative estimate of drug-likeness (QED) is 0.517. The average molecular weight is 457 g/mol. The number of nitrogens with one attached hydrogen (secondary N) is 1. The summed E-state index contributed by atoms with van der Waals surface area (Å²) in [6, 6.07) is 12.7. The van der Waals surface area contributed by atoms with Crippen molar-refractivity contribution in [3.8, 4) is 5.88 Å². The molecular formula is C21H21BrN4O3. The number of nitrogens with zero attached hydrogens (tertiary/aromatic N) is 3. The van der Waals surface area contributed by atoms with E-state index in [1.54, 1.807) is 28.8 Å². The number of azo groups is 1. The highest BCUT2D eigenvalue weighted by Gasteiger charge is 2.17. The van der Waals surface area contributed by atoms with Crippen molar-refractivity contribution in [3.05, 3.63) is 58.1 Å². The monoisotopic (exact) mass is 456 g/mol. The van der Waals surface area contributed by atoms with Crippen LogP contribution in [0.1, 0.15) is 29.3 Å². The number of carbonyl (C=O) groups excluding carboxylic acids is 2. The van der Waals surface area contributed by atoms with Crippen molar-refractivity contribution in [2.45, 2.75) is 26.8 Å². The number of hydrogen-bond donors (Lipinski definition) is 2. The Bertz CT molecular complexity index is 1100. The van der Waals surface area contributed by atoms with Crippen molar-refractivity contribution in [3.63, 3.8) is 0 Å². The molecule has 2 N–H and O–H groups in total. The second kappa shape index (κ2) is 9.00. The van der Waals surface area contributed by atoms with E-state index in [4.69, 9.17) is 0 Å². The van der Waals surface area contributed by atoms with Crippen LogP contribution in [-0.4, -0.2) is 28.0 Å². The molecule has 1 aromatic heterocycles. The van der Waals surface area contributed by atoms with Crippen molar-refractivity contribution in [2.75, 3.05) is 6.54 Å². The van der Waals surface area contributed by atoms with E-state index in [2.05, 4.69) is 31.5 Å². The lowest BCUT2D eigenvalue weighted by molar-refractivity contribution is -0.117. The summed E-state index contributed by atoms with van der Waals surface area (Å²) < 4.78 is 2.39. The minimum atomic E-state index is -0.617. The standard InChI is InChI=1S/C21H21BrN4O3/c1-3-10-26-17-9-8-13(2)11-15(17)19(21(26)29)25-24-18(27)12-23-20(28)14-6-4-5-7-16(14)22/h4-9,11,29H,3,10,12H2,1-2H3,(H,23,28). The van der Waals surface area contributed by atoms with Crippen LogP contribution >= 0.6 is 15.9 Å². The number of hydrogen-bond acceptors (Lipinski definition) is 4. The fourth-order valence-electron chi connectivity index (χ4n) is 3.02. The first-order valence-corrected chi connectivity index (χ1v) is 10.0. The highest BCUT2D eigenvalue weighted by molar-refractivity contribution is 9.10. The van der Waals surface area contributed by atoms with Crippen LogP contribution in [0.5, 0.6) is 5.88 Å². The van der Waals surface area contributed by atoms with Gasteiger partial charge in [0, 0.05) is 16.4 Å². The molecule has 2 amide bonds. The molecule has 3 rings (SSSR count). The first kappa shape index (κ1) is 20.7. The van der Waals surface area contributed by atoms with Gasteiger partial charge in [-0.2, -0.15) is 0 Å².